The highest BCUT2D eigenvalue weighted by Gasteiger charge is 2.01. The normalized spacial score (nSPS) is 12.5. The molecule has 0 aliphatic heterocycles. The first-order valence-corrected chi connectivity index (χ1v) is 3.89. The fourth-order valence-corrected chi connectivity index (χ4v) is 0.828. The minimum atomic E-state index is -0.952. The summed E-state index contributed by atoms with van der Waals surface area (Å²) in [5.41, 5.74) is 1.11. The molecule has 1 unspecified atom stereocenters. The molecule has 0 saturated heterocycles. The van der Waals surface area contributed by atoms with Crippen molar-refractivity contribution in [2.24, 2.45) is 5.92 Å². The van der Waals surface area contributed by atoms with Crippen molar-refractivity contribution in [3.8, 4) is 0 Å². The number of aliphatic carboxylic acids is 1. The van der Waals surface area contributed by atoms with Crippen LogP contribution in [0.5, 0.6) is 0 Å². The molecule has 0 rings (SSSR count). The van der Waals surface area contributed by atoms with Gasteiger partial charge in [-0.2, -0.15) is 0 Å². The lowest BCUT2D eigenvalue weighted by molar-refractivity contribution is -0.311. The minimum absolute atomic E-state index is 0.325. The fraction of sp³-hybridized carbons (Fsp3) is 0.667. The summed E-state index contributed by atoms with van der Waals surface area (Å²) in [6.07, 6.45) is 2.50. The van der Waals surface area contributed by atoms with Gasteiger partial charge in [-0.3, -0.25) is 0 Å². The molecule has 0 aromatic heterocycles. The zero-order chi connectivity index (χ0) is 8.85. The van der Waals surface area contributed by atoms with Crippen molar-refractivity contribution >= 4 is 5.97 Å². The second-order valence-corrected chi connectivity index (χ2v) is 3.07. The topological polar surface area (TPSA) is 40.1 Å². The van der Waals surface area contributed by atoms with Crippen molar-refractivity contribution in [1.82, 2.24) is 0 Å². The first kappa shape index (κ1) is 10.2. The van der Waals surface area contributed by atoms with Crippen LogP contribution in [0.1, 0.15) is 33.1 Å². The van der Waals surface area contributed by atoms with Crippen LogP contribution in [0.4, 0.5) is 0 Å². The summed E-state index contributed by atoms with van der Waals surface area (Å²) in [6.45, 7) is 7.36. The molecule has 64 valence electrons. The number of carbonyl (C=O) groups excluding carboxylic acids is 1. The Labute approximate surface area is 67.9 Å². The number of carbonyl (C=O) groups is 1. The van der Waals surface area contributed by atoms with Gasteiger partial charge >= 0.3 is 0 Å². The number of rotatable bonds is 5. The van der Waals surface area contributed by atoms with Gasteiger partial charge in [0.25, 0.3) is 0 Å². The van der Waals surface area contributed by atoms with Gasteiger partial charge in [0.1, 0.15) is 0 Å². The standard InChI is InChI=1S/C9H16O2/c1-7(2)5-4-6-8(3)9(10)11/h8H,1,4-6H2,2-3H3,(H,10,11)/p-1. The SMILES string of the molecule is C=C(C)CCCC(C)C(=O)[O-]. The molecule has 2 heteroatoms. The van der Waals surface area contributed by atoms with Gasteiger partial charge in [0.2, 0.25) is 0 Å². The van der Waals surface area contributed by atoms with Crippen molar-refractivity contribution in [3.63, 3.8) is 0 Å². The Morgan fingerprint density at radius 3 is 2.55 bits per heavy atom. The molecule has 0 saturated carbocycles. The van der Waals surface area contributed by atoms with Crippen molar-refractivity contribution in [3.05, 3.63) is 12.2 Å². The van der Waals surface area contributed by atoms with E-state index in [2.05, 4.69) is 6.58 Å². The number of allylic oxidation sites excluding steroid dienone is 1. The number of carboxylic acid groups (broad SMARTS) is 1. The Morgan fingerprint density at radius 2 is 2.18 bits per heavy atom. The molecule has 0 radical (unpaired) electrons. The second-order valence-electron chi connectivity index (χ2n) is 3.07. The molecule has 0 aromatic rings. The average Bonchev–Trinajstić information content (AvgIpc) is 1.86. The fourth-order valence-electron chi connectivity index (χ4n) is 0.828. The molecule has 11 heavy (non-hydrogen) atoms. The van der Waals surface area contributed by atoms with Crippen LogP contribution in [0.3, 0.4) is 0 Å². The maximum Gasteiger partial charge on any atom is 0.0442 e. The van der Waals surface area contributed by atoms with Gasteiger partial charge in [-0.25, -0.2) is 0 Å². The Kier molecular flexibility index (Phi) is 4.59. The van der Waals surface area contributed by atoms with Crippen LogP contribution in [0.15, 0.2) is 12.2 Å². The Morgan fingerprint density at radius 1 is 1.64 bits per heavy atom. The third-order valence-corrected chi connectivity index (χ3v) is 1.64. The Bertz CT molecular complexity index is 150. The quantitative estimate of drug-likeness (QED) is 0.558. The lowest BCUT2D eigenvalue weighted by Crippen LogP contribution is -2.29. The van der Waals surface area contributed by atoms with Crippen LogP contribution < -0.4 is 5.11 Å². The van der Waals surface area contributed by atoms with E-state index >= 15 is 0 Å². The van der Waals surface area contributed by atoms with Crippen molar-refractivity contribution in [1.29, 1.82) is 0 Å². The summed E-state index contributed by atoms with van der Waals surface area (Å²) in [6, 6.07) is 0. The van der Waals surface area contributed by atoms with Gasteiger partial charge in [0.05, 0.1) is 0 Å². The second kappa shape index (κ2) is 4.94. The maximum atomic E-state index is 10.2. The van der Waals surface area contributed by atoms with Crippen LogP contribution in [0, 0.1) is 5.92 Å². The summed E-state index contributed by atoms with van der Waals surface area (Å²) in [7, 11) is 0. The molecule has 0 aliphatic carbocycles. The van der Waals surface area contributed by atoms with E-state index < -0.39 is 5.97 Å². The van der Waals surface area contributed by atoms with Crippen molar-refractivity contribution < 1.29 is 9.90 Å². The van der Waals surface area contributed by atoms with Crippen molar-refractivity contribution in [2.75, 3.05) is 0 Å². The number of hydrogen-bond acceptors (Lipinski definition) is 2. The lowest BCUT2D eigenvalue weighted by Gasteiger charge is -2.11. The smallest absolute Gasteiger partial charge is 0.0442 e. The molecule has 0 bridgehead atoms. The van der Waals surface area contributed by atoms with Crippen LogP contribution in [0.2, 0.25) is 0 Å². The molecule has 2 nitrogen and oxygen atoms in total. The van der Waals surface area contributed by atoms with E-state index in [1.165, 1.54) is 0 Å². The highest BCUT2D eigenvalue weighted by molar-refractivity contribution is 5.66. The van der Waals surface area contributed by atoms with Gasteiger partial charge < -0.3 is 9.90 Å². The molecular weight excluding hydrogens is 140 g/mol. The molecule has 0 amide bonds. The molecule has 0 aliphatic rings. The Hall–Kier alpha value is -0.790. The summed E-state index contributed by atoms with van der Waals surface area (Å²) in [4.78, 5) is 10.2. The van der Waals surface area contributed by atoms with Crippen LogP contribution in [-0.2, 0) is 4.79 Å². The molecule has 0 aromatic carbocycles. The van der Waals surface area contributed by atoms with E-state index in [0.717, 1.165) is 18.4 Å². The monoisotopic (exact) mass is 155 g/mol. The van der Waals surface area contributed by atoms with Crippen LogP contribution in [-0.4, -0.2) is 5.97 Å². The van der Waals surface area contributed by atoms with Gasteiger partial charge in [-0.05, 0) is 32.1 Å². The molecule has 0 N–H and O–H groups in total. The van der Waals surface area contributed by atoms with Crippen LogP contribution >= 0.6 is 0 Å². The summed E-state index contributed by atoms with van der Waals surface area (Å²) < 4.78 is 0. The van der Waals surface area contributed by atoms with E-state index in [1.807, 2.05) is 6.92 Å². The van der Waals surface area contributed by atoms with Gasteiger partial charge in [-0.15, -0.1) is 6.58 Å². The third-order valence-electron chi connectivity index (χ3n) is 1.64. The average molecular weight is 155 g/mol. The molecule has 1 atom stereocenters. The van der Waals surface area contributed by atoms with Gasteiger partial charge in [-0.1, -0.05) is 12.5 Å². The maximum absolute atomic E-state index is 10.2. The van der Waals surface area contributed by atoms with E-state index in [4.69, 9.17) is 0 Å². The number of carboxylic acids is 1. The predicted molar refractivity (Wildman–Crippen MR) is 42.8 cm³/mol. The highest BCUT2D eigenvalue weighted by Crippen LogP contribution is 2.09. The molecule has 0 spiro atoms. The van der Waals surface area contributed by atoms with Gasteiger partial charge in [0.15, 0.2) is 0 Å². The highest BCUT2D eigenvalue weighted by atomic mass is 16.4. The summed E-state index contributed by atoms with van der Waals surface area (Å²) in [5.74, 6) is -1.28. The van der Waals surface area contributed by atoms with E-state index in [-0.39, 0.29) is 5.92 Å². The largest absolute Gasteiger partial charge is 0.550 e. The zero-order valence-electron chi connectivity index (χ0n) is 7.22. The third kappa shape index (κ3) is 5.64. The summed E-state index contributed by atoms with van der Waals surface area (Å²) in [5, 5.41) is 10.2. The van der Waals surface area contributed by atoms with E-state index in [0.29, 0.717) is 6.42 Å². The molecule has 0 heterocycles. The molecular formula is C9H15O2-. The Balaban J connectivity index is 3.39. The minimum Gasteiger partial charge on any atom is -0.550 e. The summed E-state index contributed by atoms with van der Waals surface area (Å²) >= 11 is 0. The van der Waals surface area contributed by atoms with Crippen LogP contribution in [0.25, 0.3) is 0 Å². The lowest BCUT2D eigenvalue weighted by atomic mass is 10.0. The zero-order valence-corrected chi connectivity index (χ0v) is 7.22. The first-order valence-electron chi connectivity index (χ1n) is 3.89. The molecule has 0 fully saturated rings. The predicted octanol–water partition coefficient (Wildman–Crippen LogP) is 1.12. The first-order chi connectivity index (χ1) is 5.04. The van der Waals surface area contributed by atoms with E-state index in [1.54, 1.807) is 6.92 Å². The van der Waals surface area contributed by atoms with Crippen molar-refractivity contribution in [2.45, 2.75) is 33.1 Å². The van der Waals surface area contributed by atoms with Gasteiger partial charge in [0, 0.05) is 5.97 Å². The number of hydrogen-bond donors (Lipinski definition) is 0. The van der Waals surface area contributed by atoms with E-state index in [9.17, 15) is 9.90 Å².